The van der Waals surface area contributed by atoms with Crippen molar-refractivity contribution < 1.29 is 19.4 Å². The number of hydrogen-bond donors (Lipinski definition) is 2. The second-order valence-electron chi connectivity index (χ2n) is 6.98. The van der Waals surface area contributed by atoms with E-state index in [1.807, 2.05) is 13.8 Å². The number of ether oxygens (including phenoxy) is 1. The van der Waals surface area contributed by atoms with Gasteiger partial charge in [0.15, 0.2) is 5.60 Å². The highest BCUT2D eigenvalue weighted by Crippen LogP contribution is 2.40. The number of hydrogen-bond acceptors (Lipinski definition) is 4. The molecule has 1 saturated carbocycles. The van der Waals surface area contributed by atoms with Gasteiger partial charge >= 0.3 is 0 Å². The second-order valence-corrected chi connectivity index (χ2v) is 6.98. The van der Waals surface area contributed by atoms with E-state index in [2.05, 4.69) is 5.32 Å². The van der Waals surface area contributed by atoms with Crippen molar-refractivity contribution in [1.82, 2.24) is 10.2 Å². The molecule has 0 radical (unpaired) electrons. The quantitative estimate of drug-likeness (QED) is 0.799. The Morgan fingerprint density at radius 2 is 2.10 bits per heavy atom. The third-order valence-corrected chi connectivity index (χ3v) is 5.13. The zero-order chi connectivity index (χ0) is 15.4. The van der Waals surface area contributed by atoms with E-state index in [4.69, 9.17) is 4.74 Å². The molecule has 2 heterocycles. The maximum absolute atomic E-state index is 12.3. The molecule has 2 N–H and O–H groups in total. The van der Waals surface area contributed by atoms with Crippen LogP contribution in [0.3, 0.4) is 0 Å². The van der Waals surface area contributed by atoms with Crippen LogP contribution in [0.25, 0.3) is 0 Å². The number of nitrogens with zero attached hydrogens (tertiary/aromatic N) is 1. The molecule has 0 spiro atoms. The fourth-order valence-electron chi connectivity index (χ4n) is 3.22. The lowest BCUT2D eigenvalue weighted by Crippen LogP contribution is -2.59. The van der Waals surface area contributed by atoms with Crippen molar-refractivity contribution in [2.45, 2.75) is 64.0 Å². The second kappa shape index (κ2) is 4.68. The Bertz CT molecular complexity index is 476. The van der Waals surface area contributed by atoms with E-state index in [0.29, 0.717) is 13.0 Å². The Morgan fingerprint density at radius 3 is 2.62 bits per heavy atom. The predicted molar refractivity (Wildman–Crippen MR) is 74.9 cm³/mol. The number of carbonyl (C=O) groups is 2. The highest BCUT2D eigenvalue weighted by Gasteiger charge is 2.60. The van der Waals surface area contributed by atoms with Gasteiger partial charge in [0.05, 0.1) is 0 Å². The molecule has 0 aromatic heterocycles. The van der Waals surface area contributed by atoms with Gasteiger partial charge in [-0.05, 0) is 38.5 Å². The Labute approximate surface area is 124 Å². The lowest BCUT2D eigenvalue weighted by Gasteiger charge is -2.36. The maximum atomic E-state index is 12.3. The summed E-state index contributed by atoms with van der Waals surface area (Å²) >= 11 is 0. The average molecular weight is 296 g/mol. The minimum absolute atomic E-state index is 0.0690. The van der Waals surface area contributed by atoms with Gasteiger partial charge in [0, 0.05) is 12.5 Å². The summed E-state index contributed by atoms with van der Waals surface area (Å²) in [6.45, 7) is 6.08. The van der Waals surface area contributed by atoms with Gasteiger partial charge in [-0.3, -0.25) is 9.59 Å². The van der Waals surface area contributed by atoms with Crippen LogP contribution in [0.2, 0.25) is 0 Å². The van der Waals surface area contributed by atoms with E-state index >= 15 is 0 Å². The van der Waals surface area contributed by atoms with Gasteiger partial charge < -0.3 is 20.1 Å². The molecule has 0 aromatic rings. The first-order chi connectivity index (χ1) is 9.78. The molecule has 2 saturated heterocycles. The topological polar surface area (TPSA) is 78.9 Å². The third kappa shape index (κ3) is 2.25. The number of nitrogens with one attached hydrogen (secondary N) is 1. The van der Waals surface area contributed by atoms with Crippen molar-refractivity contribution in [3.8, 4) is 0 Å². The van der Waals surface area contributed by atoms with Crippen molar-refractivity contribution >= 4 is 11.8 Å². The number of likely N-dealkylation sites (tertiary alicyclic amines) is 1. The van der Waals surface area contributed by atoms with Crippen molar-refractivity contribution in [3.05, 3.63) is 0 Å². The SMILES string of the molecule is CC(C)[C@@]1(C)O[C@@](O)([C@@H]2CCCN2C(=O)C2CC2)NC1=O. The Balaban J connectivity index is 1.82. The molecule has 3 aliphatic rings. The maximum Gasteiger partial charge on any atom is 0.271 e. The van der Waals surface area contributed by atoms with E-state index < -0.39 is 17.6 Å². The smallest absolute Gasteiger partial charge is 0.271 e. The fraction of sp³-hybridized carbons (Fsp3) is 0.867. The predicted octanol–water partition coefficient (Wildman–Crippen LogP) is 0.595. The van der Waals surface area contributed by atoms with Crippen LogP contribution in [0.15, 0.2) is 0 Å². The van der Waals surface area contributed by atoms with Crippen molar-refractivity contribution in [2.24, 2.45) is 11.8 Å². The monoisotopic (exact) mass is 296 g/mol. The summed E-state index contributed by atoms with van der Waals surface area (Å²) in [5.41, 5.74) is -1.06. The molecular weight excluding hydrogens is 272 g/mol. The summed E-state index contributed by atoms with van der Waals surface area (Å²) in [4.78, 5) is 26.3. The number of carbonyl (C=O) groups excluding carboxylic acids is 2. The molecule has 3 fully saturated rings. The standard InChI is InChI=1S/C15H24N2O4/c1-9(2)14(3)13(19)16-15(20,21-14)11-5-4-8-17(11)12(18)10-6-7-10/h9-11,20H,4-8H2,1-3H3,(H,16,19)/t11-,14+,15-/m0/s1. The third-order valence-electron chi connectivity index (χ3n) is 5.13. The molecule has 0 unspecified atom stereocenters. The summed E-state index contributed by atoms with van der Waals surface area (Å²) in [6, 6.07) is -0.491. The van der Waals surface area contributed by atoms with Crippen LogP contribution in [-0.2, 0) is 14.3 Å². The molecule has 6 heteroatoms. The highest BCUT2D eigenvalue weighted by atomic mass is 16.7. The first-order valence-corrected chi connectivity index (χ1v) is 7.83. The molecule has 3 rings (SSSR count). The molecule has 21 heavy (non-hydrogen) atoms. The molecule has 2 amide bonds. The van der Waals surface area contributed by atoms with Crippen LogP contribution in [0.4, 0.5) is 0 Å². The summed E-state index contributed by atoms with van der Waals surface area (Å²) < 4.78 is 5.78. The van der Waals surface area contributed by atoms with E-state index in [1.165, 1.54) is 0 Å². The van der Waals surface area contributed by atoms with Crippen LogP contribution in [0.1, 0.15) is 46.5 Å². The van der Waals surface area contributed by atoms with E-state index in [9.17, 15) is 14.7 Å². The first kappa shape index (κ1) is 14.8. The molecule has 0 aromatic carbocycles. The summed E-state index contributed by atoms with van der Waals surface area (Å²) in [5, 5.41) is 13.4. The molecule has 3 atom stereocenters. The number of amides is 2. The number of rotatable bonds is 3. The minimum Gasteiger partial charge on any atom is -0.347 e. The lowest BCUT2D eigenvalue weighted by molar-refractivity contribution is -0.263. The van der Waals surface area contributed by atoms with Crippen molar-refractivity contribution in [2.75, 3.05) is 6.54 Å². The van der Waals surface area contributed by atoms with Gasteiger partial charge in [-0.25, -0.2) is 0 Å². The number of aliphatic hydroxyl groups is 1. The van der Waals surface area contributed by atoms with Crippen LogP contribution in [-0.4, -0.2) is 45.9 Å². The van der Waals surface area contributed by atoms with E-state index in [-0.39, 0.29) is 23.7 Å². The normalized spacial score (nSPS) is 40.0. The highest BCUT2D eigenvalue weighted by molar-refractivity contribution is 5.88. The molecule has 118 valence electrons. The summed E-state index contributed by atoms with van der Waals surface area (Å²) in [5.74, 6) is -1.96. The van der Waals surface area contributed by atoms with Crippen LogP contribution in [0.5, 0.6) is 0 Å². The summed E-state index contributed by atoms with van der Waals surface area (Å²) in [7, 11) is 0. The van der Waals surface area contributed by atoms with Gasteiger partial charge in [-0.1, -0.05) is 13.8 Å². The average Bonchev–Trinajstić information content (AvgIpc) is 3.06. The van der Waals surface area contributed by atoms with E-state index in [0.717, 1.165) is 19.3 Å². The van der Waals surface area contributed by atoms with Crippen LogP contribution in [0, 0.1) is 11.8 Å². The largest absolute Gasteiger partial charge is 0.347 e. The van der Waals surface area contributed by atoms with Gasteiger partial charge in [-0.15, -0.1) is 0 Å². The van der Waals surface area contributed by atoms with E-state index in [1.54, 1.807) is 11.8 Å². The molecule has 2 aliphatic heterocycles. The molecular formula is C15H24N2O4. The molecule has 0 bridgehead atoms. The van der Waals surface area contributed by atoms with Gasteiger partial charge in [0.25, 0.3) is 11.8 Å². The Hall–Kier alpha value is -1.14. The van der Waals surface area contributed by atoms with Gasteiger partial charge in [0.1, 0.15) is 6.04 Å². The lowest BCUT2D eigenvalue weighted by atomic mass is 9.92. The molecule has 1 aliphatic carbocycles. The Kier molecular flexibility index (Phi) is 3.29. The zero-order valence-corrected chi connectivity index (χ0v) is 12.9. The summed E-state index contributed by atoms with van der Waals surface area (Å²) in [6.07, 6.45) is 3.32. The fourth-order valence-corrected chi connectivity index (χ4v) is 3.22. The first-order valence-electron chi connectivity index (χ1n) is 7.83. The minimum atomic E-state index is -1.77. The van der Waals surface area contributed by atoms with Gasteiger partial charge in [0.2, 0.25) is 5.91 Å². The Morgan fingerprint density at radius 1 is 1.43 bits per heavy atom. The van der Waals surface area contributed by atoms with Gasteiger partial charge in [-0.2, -0.15) is 0 Å². The zero-order valence-electron chi connectivity index (χ0n) is 12.9. The van der Waals surface area contributed by atoms with Crippen LogP contribution >= 0.6 is 0 Å². The molecule has 6 nitrogen and oxygen atoms in total. The van der Waals surface area contributed by atoms with Crippen molar-refractivity contribution in [3.63, 3.8) is 0 Å². The van der Waals surface area contributed by atoms with Crippen molar-refractivity contribution in [1.29, 1.82) is 0 Å². The van der Waals surface area contributed by atoms with Crippen LogP contribution < -0.4 is 5.32 Å².